The number of nitrogens with one attached hydrogen (secondary N) is 1. The van der Waals surface area contributed by atoms with Crippen molar-refractivity contribution in [3.8, 4) is 0 Å². The Morgan fingerprint density at radius 3 is 2.60 bits per heavy atom. The van der Waals surface area contributed by atoms with E-state index in [1.54, 1.807) is 6.20 Å². The van der Waals surface area contributed by atoms with E-state index in [1.165, 1.54) is 0 Å². The molecule has 0 spiro atoms. The fourth-order valence-corrected chi connectivity index (χ4v) is 3.60. The van der Waals surface area contributed by atoms with Crippen LogP contribution in [0.1, 0.15) is 31.1 Å². The zero-order valence-electron chi connectivity index (χ0n) is 18.3. The number of carbonyl (C=O) groups excluding carboxylic acids is 1. The maximum atomic E-state index is 12.6. The van der Waals surface area contributed by atoms with Crippen molar-refractivity contribution in [2.45, 2.75) is 32.5 Å². The molecule has 1 aliphatic rings. The number of benzene rings is 1. The van der Waals surface area contributed by atoms with Crippen LogP contribution in [0.25, 0.3) is 10.9 Å². The van der Waals surface area contributed by atoms with Gasteiger partial charge in [-0.2, -0.15) is 0 Å². The Morgan fingerprint density at radius 1 is 1.17 bits per heavy atom. The number of pyridine rings is 1. The van der Waals surface area contributed by atoms with E-state index in [0.717, 1.165) is 43.6 Å². The summed E-state index contributed by atoms with van der Waals surface area (Å²) in [6, 6.07) is 9.51. The Labute approximate surface area is 179 Å². The molecular weight excluding hydrogens is 380 g/mol. The van der Waals surface area contributed by atoms with E-state index in [4.69, 9.17) is 4.74 Å². The number of hydrogen-bond donors (Lipinski definition) is 2. The smallest absolute Gasteiger partial charge is 0.253 e. The van der Waals surface area contributed by atoms with Crippen LogP contribution in [-0.2, 0) is 4.74 Å². The Morgan fingerprint density at radius 2 is 1.87 bits per heavy atom. The molecule has 0 unspecified atom stereocenters. The molecule has 2 heterocycles. The van der Waals surface area contributed by atoms with Crippen LogP contribution >= 0.6 is 0 Å². The van der Waals surface area contributed by atoms with Crippen LogP contribution in [0.3, 0.4) is 0 Å². The molecular formula is C23H34N4O3. The number of fused-ring (bicyclic) bond motifs is 1. The van der Waals surface area contributed by atoms with Crippen molar-refractivity contribution < 1.29 is 14.6 Å². The summed E-state index contributed by atoms with van der Waals surface area (Å²) < 4.78 is 5.66. The number of rotatable bonds is 8. The van der Waals surface area contributed by atoms with Gasteiger partial charge >= 0.3 is 0 Å². The van der Waals surface area contributed by atoms with Crippen LogP contribution in [0.5, 0.6) is 0 Å². The number of aliphatic hydroxyl groups excluding tert-OH is 1. The molecule has 2 aromatic rings. The van der Waals surface area contributed by atoms with Gasteiger partial charge < -0.3 is 15.2 Å². The van der Waals surface area contributed by atoms with Crippen molar-refractivity contribution >= 4 is 16.8 Å². The molecule has 1 saturated heterocycles. The number of aromatic nitrogens is 1. The lowest BCUT2D eigenvalue weighted by atomic mass is 10.1. The second-order valence-corrected chi connectivity index (χ2v) is 8.86. The number of aliphatic hydroxyl groups is 1. The fourth-order valence-electron chi connectivity index (χ4n) is 3.60. The molecule has 1 aliphatic heterocycles. The zero-order valence-corrected chi connectivity index (χ0v) is 18.3. The zero-order chi connectivity index (χ0) is 21.6. The lowest BCUT2D eigenvalue weighted by Crippen LogP contribution is -2.50. The van der Waals surface area contributed by atoms with Gasteiger partial charge in [-0.1, -0.05) is 18.2 Å². The molecule has 30 heavy (non-hydrogen) atoms. The van der Waals surface area contributed by atoms with E-state index in [2.05, 4.69) is 20.1 Å². The first kappa shape index (κ1) is 22.6. The van der Waals surface area contributed by atoms with Crippen LogP contribution in [0.4, 0.5) is 0 Å². The van der Waals surface area contributed by atoms with E-state index in [9.17, 15) is 9.90 Å². The number of ether oxygens (including phenoxy) is 1. The van der Waals surface area contributed by atoms with Crippen LogP contribution in [0.2, 0.25) is 0 Å². The van der Waals surface area contributed by atoms with Gasteiger partial charge in [0.15, 0.2) is 0 Å². The standard InChI is InChI=1S/C23H34N4O3/c1-23(2,3)30-17-19(28)16-27-14-12-26(13-15-27)11-10-25-22(29)20-8-4-6-18-7-5-9-24-21(18)20/h4-9,19,28H,10-17H2,1-3H3,(H,25,29)/t19-/m1/s1. The van der Waals surface area contributed by atoms with Gasteiger partial charge in [-0.25, -0.2) is 0 Å². The summed E-state index contributed by atoms with van der Waals surface area (Å²) in [6.07, 6.45) is 1.24. The summed E-state index contributed by atoms with van der Waals surface area (Å²) in [4.78, 5) is 21.6. The third kappa shape index (κ3) is 6.74. The van der Waals surface area contributed by atoms with Gasteiger partial charge in [0.05, 0.1) is 29.4 Å². The number of amides is 1. The van der Waals surface area contributed by atoms with Crippen LogP contribution in [0.15, 0.2) is 36.5 Å². The van der Waals surface area contributed by atoms with Gasteiger partial charge in [-0.05, 0) is 32.9 Å². The normalized spacial score (nSPS) is 17.2. The molecule has 7 heteroatoms. The topological polar surface area (TPSA) is 77.9 Å². The highest BCUT2D eigenvalue weighted by Crippen LogP contribution is 2.15. The summed E-state index contributed by atoms with van der Waals surface area (Å²) >= 11 is 0. The third-order valence-corrected chi connectivity index (χ3v) is 5.23. The van der Waals surface area contributed by atoms with E-state index >= 15 is 0 Å². The van der Waals surface area contributed by atoms with Crippen molar-refractivity contribution in [1.29, 1.82) is 0 Å². The average Bonchev–Trinajstić information content (AvgIpc) is 2.72. The molecule has 2 N–H and O–H groups in total. The minimum atomic E-state index is -0.468. The van der Waals surface area contributed by atoms with Gasteiger partial charge in [-0.15, -0.1) is 0 Å². The molecule has 1 atom stereocenters. The number of piperazine rings is 1. The first-order valence-electron chi connectivity index (χ1n) is 10.7. The van der Waals surface area contributed by atoms with Gasteiger partial charge in [-0.3, -0.25) is 19.6 Å². The Bertz CT molecular complexity index is 823. The number of para-hydroxylation sites is 1. The molecule has 3 rings (SSSR count). The molecule has 1 amide bonds. The summed E-state index contributed by atoms with van der Waals surface area (Å²) in [5.41, 5.74) is 1.12. The predicted molar refractivity (Wildman–Crippen MR) is 119 cm³/mol. The van der Waals surface area contributed by atoms with Crippen LogP contribution < -0.4 is 5.32 Å². The van der Waals surface area contributed by atoms with Crippen molar-refractivity contribution in [1.82, 2.24) is 20.1 Å². The van der Waals surface area contributed by atoms with Crippen molar-refractivity contribution in [3.63, 3.8) is 0 Å². The Balaban J connectivity index is 1.37. The highest BCUT2D eigenvalue weighted by atomic mass is 16.5. The molecule has 0 radical (unpaired) electrons. The maximum Gasteiger partial charge on any atom is 0.253 e. The molecule has 0 bridgehead atoms. The average molecular weight is 415 g/mol. The number of nitrogens with zero attached hydrogens (tertiary/aromatic N) is 3. The van der Waals surface area contributed by atoms with E-state index < -0.39 is 6.10 Å². The first-order valence-corrected chi connectivity index (χ1v) is 10.7. The number of hydrogen-bond acceptors (Lipinski definition) is 6. The van der Waals surface area contributed by atoms with Gasteiger partial charge in [0.25, 0.3) is 5.91 Å². The largest absolute Gasteiger partial charge is 0.389 e. The molecule has 1 fully saturated rings. The van der Waals surface area contributed by atoms with Gasteiger partial charge in [0.1, 0.15) is 0 Å². The molecule has 1 aromatic heterocycles. The first-order chi connectivity index (χ1) is 14.3. The molecule has 0 saturated carbocycles. The quantitative estimate of drug-likeness (QED) is 0.685. The van der Waals surface area contributed by atoms with Crippen molar-refractivity contribution in [3.05, 3.63) is 42.1 Å². The number of β-amino-alcohol motifs (C(OH)–C–C–N with tert-alkyl or cyclic N) is 1. The molecule has 0 aliphatic carbocycles. The number of carbonyl (C=O) groups is 1. The SMILES string of the molecule is CC(C)(C)OC[C@H](O)CN1CCN(CCNC(=O)c2cccc3cccnc23)CC1. The van der Waals surface area contributed by atoms with Crippen molar-refractivity contribution in [2.75, 3.05) is 52.4 Å². The summed E-state index contributed by atoms with van der Waals surface area (Å²) in [5, 5.41) is 14.2. The second-order valence-electron chi connectivity index (χ2n) is 8.86. The predicted octanol–water partition coefficient (Wildman–Crippen LogP) is 1.76. The highest BCUT2D eigenvalue weighted by molar-refractivity contribution is 6.05. The summed E-state index contributed by atoms with van der Waals surface area (Å²) in [5.74, 6) is -0.0834. The van der Waals surface area contributed by atoms with E-state index in [0.29, 0.717) is 25.3 Å². The van der Waals surface area contributed by atoms with Crippen LogP contribution in [-0.4, -0.2) is 89.9 Å². The fraction of sp³-hybridized carbons (Fsp3) is 0.565. The third-order valence-electron chi connectivity index (χ3n) is 5.23. The Hall–Kier alpha value is -2.06. The summed E-state index contributed by atoms with van der Waals surface area (Å²) in [7, 11) is 0. The molecule has 164 valence electrons. The maximum absolute atomic E-state index is 12.6. The minimum Gasteiger partial charge on any atom is -0.389 e. The van der Waals surface area contributed by atoms with Gasteiger partial charge in [0.2, 0.25) is 0 Å². The second kappa shape index (κ2) is 10.3. The lowest BCUT2D eigenvalue weighted by Gasteiger charge is -2.35. The van der Waals surface area contributed by atoms with Gasteiger partial charge in [0, 0.05) is 57.4 Å². The molecule has 1 aromatic carbocycles. The Kier molecular flexibility index (Phi) is 7.77. The minimum absolute atomic E-state index is 0.0834. The lowest BCUT2D eigenvalue weighted by molar-refractivity contribution is -0.0585. The molecule has 7 nitrogen and oxygen atoms in total. The van der Waals surface area contributed by atoms with E-state index in [-0.39, 0.29) is 11.5 Å². The summed E-state index contributed by atoms with van der Waals surface area (Å²) in [6.45, 7) is 12.1. The van der Waals surface area contributed by atoms with Crippen molar-refractivity contribution in [2.24, 2.45) is 0 Å². The van der Waals surface area contributed by atoms with E-state index in [1.807, 2.05) is 51.1 Å². The van der Waals surface area contributed by atoms with Crippen LogP contribution in [0, 0.1) is 0 Å². The highest BCUT2D eigenvalue weighted by Gasteiger charge is 2.21. The monoisotopic (exact) mass is 414 g/mol.